The third-order valence-electron chi connectivity index (χ3n) is 6.00. The van der Waals surface area contributed by atoms with Crippen molar-refractivity contribution < 1.29 is 9.59 Å². The number of aryl methyl sites for hydroxylation is 1. The van der Waals surface area contributed by atoms with E-state index in [0.29, 0.717) is 11.4 Å². The third kappa shape index (κ3) is 4.95. The van der Waals surface area contributed by atoms with Crippen LogP contribution in [0.1, 0.15) is 66.8 Å². The minimum absolute atomic E-state index is 0.00614. The minimum Gasteiger partial charge on any atom is -0.352 e. The van der Waals surface area contributed by atoms with Gasteiger partial charge >= 0.3 is 0 Å². The molecule has 4 rings (SSSR count). The molecule has 1 atom stereocenters. The zero-order valence-corrected chi connectivity index (χ0v) is 18.2. The van der Waals surface area contributed by atoms with E-state index in [2.05, 4.69) is 10.6 Å². The molecule has 0 aliphatic heterocycles. The van der Waals surface area contributed by atoms with Gasteiger partial charge in [0.2, 0.25) is 5.91 Å². The van der Waals surface area contributed by atoms with Gasteiger partial charge in [-0.25, -0.2) is 4.98 Å². The second-order valence-electron chi connectivity index (χ2n) is 8.51. The molecule has 6 heteroatoms. The van der Waals surface area contributed by atoms with Gasteiger partial charge < -0.3 is 15.2 Å². The van der Waals surface area contributed by atoms with Gasteiger partial charge in [-0.3, -0.25) is 9.59 Å². The van der Waals surface area contributed by atoms with Crippen LogP contribution in [-0.2, 0) is 11.3 Å². The number of hydrogen-bond acceptors (Lipinski definition) is 3. The van der Waals surface area contributed by atoms with Gasteiger partial charge in [-0.15, -0.1) is 0 Å². The molecule has 0 spiro atoms. The van der Waals surface area contributed by atoms with Gasteiger partial charge in [0.05, 0.1) is 17.1 Å². The van der Waals surface area contributed by atoms with Gasteiger partial charge in [-0.1, -0.05) is 49.1 Å². The highest BCUT2D eigenvalue weighted by atomic mass is 16.2. The summed E-state index contributed by atoms with van der Waals surface area (Å²) >= 11 is 0. The maximum absolute atomic E-state index is 12.8. The van der Waals surface area contributed by atoms with Crippen molar-refractivity contribution >= 4 is 22.8 Å². The van der Waals surface area contributed by atoms with E-state index in [-0.39, 0.29) is 30.4 Å². The Bertz CT molecular complexity index is 1060. The van der Waals surface area contributed by atoms with Gasteiger partial charge in [0, 0.05) is 11.6 Å². The molecular formula is C25H30N4O2. The van der Waals surface area contributed by atoms with Gasteiger partial charge in [0.15, 0.2) is 0 Å². The van der Waals surface area contributed by atoms with Crippen molar-refractivity contribution in [1.29, 1.82) is 0 Å². The van der Waals surface area contributed by atoms with E-state index in [1.807, 2.05) is 66.9 Å². The molecule has 1 aliphatic carbocycles. The Kier molecular flexibility index (Phi) is 6.35. The van der Waals surface area contributed by atoms with Crippen molar-refractivity contribution in [3.63, 3.8) is 0 Å². The zero-order valence-electron chi connectivity index (χ0n) is 18.2. The Morgan fingerprint density at radius 2 is 1.77 bits per heavy atom. The summed E-state index contributed by atoms with van der Waals surface area (Å²) in [6.45, 7) is 4.09. The molecule has 0 bridgehead atoms. The smallest absolute Gasteiger partial charge is 0.251 e. The number of hydrogen-bond donors (Lipinski definition) is 2. The number of nitrogens with zero attached hydrogens (tertiary/aromatic N) is 2. The lowest BCUT2D eigenvalue weighted by Gasteiger charge is -2.23. The molecular weight excluding hydrogens is 388 g/mol. The number of nitrogens with one attached hydrogen (secondary N) is 2. The Morgan fingerprint density at radius 1 is 1.06 bits per heavy atom. The number of para-hydroxylation sites is 2. The summed E-state index contributed by atoms with van der Waals surface area (Å²) in [5.74, 6) is 0.520. The first kappa shape index (κ1) is 21.1. The summed E-state index contributed by atoms with van der Waals surface area (Å²) in [6.07, 6.45) is 5.69. The van der Waals surface area contributed by atoms with E-state index in [0.717, 1.165) is 29.4 Å². The number of aromatic nitrogens is 2. The quantitative estimate of drug-likeness (QED) is 0.627. The largest absolute Gasteiger partial charge is 0.352 e. The summed E-state index contributed by atoms with van der Waals surface area (Å²) in [7, 11) is 0. The first-order chi connectivity index (χ1) is 15.0. The van der Waals surface area contributed by atoms with Crippen molar-refractivity contribution in [3.05, 3.63) is 65.5 Å². The molecule has 0 unspecified atom stereocenters. The van der Waals surface area contributed by atoms with Crippen LogP contribution in [-0.4, -0.2) is 27.4 Å². The van der Waals surface area contributed by atoms with Crippen LogP contribution in [0.3, 0.4) is 0 Å². The van der Waals surface area contributed by atoms with E-state index in [1.54, 1.807) is 0 Å². The molecule has 3 aromatic rings. The van der Waals surface area contributed by atoms with Crippen molar-refractivity contribution in [1.82, 2.24) is 20.2 Å². The summed E-state index contributed by atoms with van der Waals surface area (Å²) in [5, 5.41) is 6.22. The van der Waals surface area contributed by atoms with Crippen molar-refractivity contribution in [3.8, 4) is 0 Å². The SMILES string of the molecule is Cc1ccc(C(=O)N[C@@H](C)c2nc3ccccc3n2CC(=O)NC2CCCCC2)cc1. The Morgan fingerprint density at radius 3 is 2.52 bits per heavy atom. The summed E-state index contributed by atoms with van der Waals surface area (Å²) in [6, 6.07) is 15.2. The molecule has 2 amide bonds. The highest BCUT2D eigenvalue weighted by Gasteiger charge is 2.22. The van der Waals surface area contributed by atoms with Crippen LogP contribution in [0.2, 0.25) is 0 Å². The van der Waals surface area contributed by atoms with E-state index < -0.39 is 0 Å². The predicted octanol–water partition coefficient (Wildman–Crippen LogP) is 4.28. The van der Waals surface area contributed by atoms with Crippen LogP contribution >= 0.6 is 0 Å². The lowest BCUT2D eigenvalue weighted by atomic mass is 9.95. The summed E-state index contributed by atoms with van der Waals surface area (Å²) in [5.41, 5.74) is 3.43. The molecule has 0 saturated heterocycles. The van der Waals surface area contributed by atoms with Crippen LogP contribution in [0.15, 0.2) is 48.5 Å². The normalized spacial score (nSPS) is 15.5. The van der Waals surface area contributed by atoms with Crippen LogP contribution in [0.4, 0.5) is 0 Å². The highest BCUT2D eigenvalue weighted by Crippen LogP contribution is 2.22. The number of carbonyl (C=O) groups excluding carboxylic acids is 2. The molecule has 2 aromatic carbocycles. The maximum atomic E-state index is 12.8. The number of benzene rings is 2. The number of amides is 2. The summed E-state index contributed by atoms with van der Waals surface area (Å²) < 4.78 is 1.92. The Balaban J connectivity index is 1.54. The van der Waals surface area contributed by atoms with Gasteiger partial charge in [0.1, 0.15) is 12.4 Å². The molecule has 162 valence electrons. The van der Waals surface area contributed by atoms with Gasteiger partial charge in [0.25, 0.3) is 5.91 Å². The van der Waals surface area contributed by atoms with Gasteiger partial charge in [-0.2, -0.15) is 0 Å². The van der Waals surface area contributed by atoms with Gasteiger partial charge in [-0.05, 0) is 51.0 Å². The number of carbonyl (C=O) groups is 2. The molecule has 1 aliphatic rings. The zero-order chi connectivity index (χ0) is 21.8. The monoisotopic (exact) mass is 418 g/mol. The molecule has 2 N–H and O–H groups in total. The van der Waals surface area contributed by atoms with E-state index in [4.69, 9.17) is 4.98 Å². The first-order valence-corrected chi connectivity index (χ1v) is 11.1. The highest BCUT2D eigenvalue weighted by molar-refractivity contribution is 5.94. The second-order valence-corrected chi connectivity index (χ2v) is 8.51. The number of rotatable bonds is 6. The van der Waals surface area contributed by atoms with E-state index in [9.17, 15) is 9.59 Å². The van der Waals surface area contributed by atoms with E-state index >= 15 is 0 Å². The summed E-state index contributed by atoms with van der Waals surface area (Å²) in [4.78, 5) is 30.3. The molecule has 31 heavy (non-hydrogen) atoms. The fourth-order valence-electron chi connectivity index (χ4n) is 4.30. The fourth-order valence-corrected chi connectivity index (χ4v) is 4.30. The Hall–Kier alpha value is -3.15. The maximum Gasteiger partial charge on any atom is 0.251 e. The van der Waals surface area contributed by atoms with Crippen LogP contribution in [0.5, 0.6) is 0 Å². The average Bonchev–Trinajstić information content (AvgIpc) is 3.13. The predicted molar refractivity (Wildman–Crippen MR) is 122 cm³/mol. The molecule has 1 saturated carbocycles. The number of fused-ring (bicyclic) bond motifs is 1. The Labute approximate surface area is 183 Å². The molecule has 6 nitrogen and oxygen atoms in total. The lowest BCUT2D eigenvalue weighted by Crippen LogP contribution is -2.38. The molecule has 1 fully saturated rings. The van der Waals surface area contributed by atoms with Crippen molar-refractivity contribution in [2.75, 3.05) is 0 Å². The molecule has 1 aromatic heterocycles. The number of imidazole rings is 1. The van der Waals surface area contributed by atoms with Crippen molar-refractivity contribution in [2.45, 2.75) is 64.6 Å². The van der Waals surface area contributed by atoms with Crippen molar-refractivity contribution in [2.24, 2.45) is 0 Å². The van der Waals surface area contributed by atoms with Crippen LogP contribution in [0.25, 0.3) is 11.0 Å². The van der Waals surface area contributed by atoms with Crippen LogP contribution in [0, 0.1) is 6.92 Å². The third-order valence-corrected chi connectivity index (χ3v) is 6.00. The minimum atomic E-state index is -0.344. The standard InChI is InChI=1S/C25H30N4O2/c1-17-12-14-19(15-13-17)25(31)26-18(2)24-28-21-10-6-7-11-22(21)29(24)16-23(30)27-20-8-4-3-5-9-20/h6-7,10-15,18,20H,3-5,8-9,16H2,1-2H3,(H,26,31)(H,27,30)/t18-/m0/s1. The average molecular weight is 419 g/mol. The molecule has 1 heterocycles. The van der Waals surface area contributed by atoms with E-state index in [1.165, 1.54) is 19.3 Å². The first-order valence-electron chi connectivity index (χ1n) is 11.1. The van der Waals surface area contributed by atoms with Crippen LogP contribution < -0.4 is 10.6 Å². The fraction of sp³-hybridized carbons (Fsp3) is 0.400. The second kappa shape index (κ2) is 9.33. The lowest BCUT2D eigenvalue weighted by molar-refractivity contribution is -0.122. The topological polar surface area (TPSA) is 76.0 Å². The molecule has 0 radical (unpaired) electrons.